The lowest BCUT2D eigenvalue weighted by Gasteiger charge is -2.26. The fraction of sp³-hybridized carbons (Fsp3) is 1.00. The molecule has 1 aliphatic carbocycles. The molecular weight excluding hydrogens is 277 g/mol. The minimum atomic E-state index is -4.28. The summed E-state index contributed by atoms with van der Waals surface area (Å²) in [6.45, 7) is 6.82. The van der Waals surface area contributed by atoms with Gasteiger partial charge in [-0.1, -0.05) is 27.2 Å². The van der Waals surface area contributed by atoms with Gasteiger partial charge < -0.3 is 0 Å². The van der Waals surface area contributed by atoms with Crippen LogP contribution in [0.1, 0.15) is 46.5 Å². The van der Waals surface area contributed by atoms with E-state index >= 15 is 0 Å². The summed E-state index contributed by atoms with van der Waals surface area (Å²) in [5.74, 6) is -2.70. The average molecular weight is 301 g/mol. The lowest BCUT2D eigenvalue weighted by molar-refractivity contribution is -0.176. The molecule has 0 radical (unpaired) electrons. The van der Waals surface area contributed by atoms with Crippen LogP contribution in [0.15, 0.2) is 0 Å². The van der Waals surface area contributed by atoms with Crippen LogP contribution >= 0.6 is 0 Å². The van der Waals surface area contributed by atoms with Gasteiger partial charge in [0.15, 0.2) is 0 Å². The molecule has 0 amide bonds. The van der Waals surface area contributed by atoms with Crippen molar-refractivity contribution in [2.24, 2.45) is 11.8 Å². The number of hydrogen-bond donors (Lipinski definition) is 0. The van der Waals surface area contributed by atoms with Gasteiger partial charge in [0, 0.05) is 18.9 Å². The third-order valence-electron chi connectivity index (χ3n) is 3.97. The van der Waals surface area contributed by atoms with Crippen molar-refractivity contribution < 1.29 is 22.0 Å². The van der Waals surface area contributed by atoms with Crippen molar-refractivity contribution in [1.29, 1.82) is 0 Å². The largest absolute Gasteiger partial charge is 0.404 e. The molecule has 0 aromatic heterocycles. The molecule has 0 bridgehead atoms. The molecule has 1 heterocycles. The zero-order valence-electron chi connectivity index (χ0n) is 12.3. The Kier molecular flexibility index (Phi) is 5.81. The quantitative estimate of drug-likeness (QED) is 0.682. The molecule has 0 spiro atoms. The Hall–Kier alpha value is -0.390. The van der Waals surface area contributed by atoms with Crippen molar-refractivity contribution in [3.63, 3.8) is 0 Å². The van der Waals surface area contributed by atoms with Crippen molar-refractivity contribution >= 4 is 0 Å². The highest BCUT2D eigenvalue weighted by Crippen LogP contribution is 2.50. The van der Waals surface area contributed by atoms with Crippen LogP contribution in [-0.4, -0.2) is 36.1 Å². The first-order chi connectivity index (χ1) is 9.08. The monoisotopic (exact) mass is 301 g/mol. The Morgan fingerprint density at radius 3 is 2.10 bits per heavy atom. The van der Waals surface area contributed by atoms with Crippen molar-refractivity contribution in [2.75, 3.05) is 13.1 Å². The van der Waals surface area contributed by atoms with Gasteiger partial charge in [-0.05, 0) is 25.3 Å². The molecule has 6 heteroatoms. The third kappa shape index (κ3) is 5.19. The molecule has 2 aliphatic rings. The maximum Gasteiger partial charge on any atom is 0.404 e. The average Bonchev–Trinajstić information content (AvgIpc) is 2.75. The van der Waals surface area contributed by atoms with Gasteiger partial charge in [-0.2, -0.15) is 13.2 Å². The van der Waals surface area contributed by atoms with E-state index in [1.165, 1.54) is 6.42 Å². The van der Waals surface area contributed by atoms with Gasteiger partial charge in [0.05, 0.1) is 0 Å². The number of alkyl halides is 5. The molecular formula is C14H24F5N. The van der Waals surface area contributed by atoms with Crippen LogP contribution in [0.2, 0.25) is 0 Å². The van der Waals surface area contributed by atoms with E-state index in [1.54, 1.807) is 0 Å². The number of halogens is 5. The van der Waals surface area contributed by atoms with Gasteiger partial charge in [-0.3, -0.25) is 4.90 Å². The standard InChI is InChI=1S/C9H12F5N.C5H12/c10-8(11)4-6(8)5-15-3-1-2-7(15)9(12,13)14;1-4-5(2)3/h6-7H,1-5H2;5H,4H2,1-3H3. The first kappa shape index (κ1) is 17.7. The van der Waals surface area contributed by atoms with Crippen LogP contribution in [-0.2, 0) is 0 Å². The van der Waals surface area contributed by atoms with E-state index in [1.807, 2.05) is 0 Å². The first-order valence-electron chi connectivity index (χ1n) is 7.26. The second kappa shape index (κ2) is 6.58. The van der Waals surface area contributed by atoms with Gasteiger partial charge in [-0.15, -0.1) is 0 Å². The van der Waals surface area contributed by atoms with Gasteiger partial charge >= 0.3 is 6.18 Å². The summed E-state index contributed by atoms with van der Waals surface area (Å²) >= 11 is 0. The van der Waals surface area contributed by atoms with Crippen molar-refractivity contribution in [3.05, 3.63) is 0 Å². The highest BCUT2D eigenvalue weighted by Gasteiger charge is 2.58. The predicted molar refractivity (Wildman–Crippen MR) is 68.8 cm³/mol. The third-order valence-corrected chi connectivity index (χ3v) is 3.97. The highest BCUT2D eigenvalue weighted by molar-refractivity contribution is 4.99. The number of nitrogens with zero attached hydrogens (tertiary/aromatic N) is 1. The lowest BCUT2D eigenvalue weighted by Crippen LogP contribution is -2.42. The Morgan fingerprint density at radius 1 is 1.25 bits per heavy atom. The van der Waals surface area contributed by atoms with Gasteiger partial charge in [-0.25, -0.2) is 8.78 Å². The van der Waals surface area contributed by atoms with E-state index in [9.17, 15) is 22.0 Å². The molecule has 0 N–H and O–H groups in total. The molecule has 120 valence electrons. The van der Waals surface area contributed by atoms with Gasteiger partial charge in [0.2, 0.25) is 0 Å². The fourth-order valence-electron chi connectivity index (χ4n) is 2.17. The van der Waals surface area contributed by atoms with E-state index in [-0.39, 0.29) is 25.9 Å². The van der Waals surface area contributed by atoms with Crippen LogP contribution in [0.5, 0.6) is 0 Å². The number of likely N-dealkylation sites (tertiary alicyclic amines) is 1. The zero-order valence-corrected chi connectivity index (χ0v) is 12.3. The lowest BCUT2D eigenvalue weighted by atomic mass is 10.2. The number of hydrogen-bond acceptors (Lipinski definition) is 1. The second-order valence-corrected chi connectivity index (χ2v) is 6.16. The smallest absolute Gasteiger partial charge is 0.292 e. The van der Waals surface area contributed by atoms with Crippen LogP contribution in [0.3, 0.4) is 0 Å². The topological polar surface area (TPSA) is 3.24 Å². The molecule has 0 aromatic carbocycles. The summed E-state index contributed by atoms with van der Waals surface area (Å²) in [6, 6.07) is -1.51. The molecule has 1 aliphatic heterocycles. The van der Waals surface area contributed by atoms with Gasteiger partial charge in [0.1, 0.15) is 6.04 Å². The Labute approximate surface area is 117 Å². The molecule has 1 saturated carbocycles. The van der Waals surface area contributed by atoms with Crippen LogP contribution in [0, 0.1) is 11.8 Å². The molecule has 2 atom stereocenters. The van der Waals surface area contributed by atoms with Crippen molar-refractivity contribution in [1.82, 2.24) is 4.90 Å². The van der Waals surface area contributed by atoms with Gasteiger partial charge in [0.25, 0.3) is 5.92 Å². The van der Waals surface area contributed by atoms with E-state index in [2.05, 4.69) is 20.8 Å². The van der Waals surface area contributed by atoms with Crippen molar-refractivity contribution in [3.8, 4) is 0 Å². The maximum atomic E-state index is 12.6. The summed E-state index contributed by atoms with van der Waals surface area (Å²) in [5, 5.41) is 0. The molecule has 0 aromatic rings. The SMILES string of the molecule is CCC(C)C.FC(F)(F)C1CCCN1CC1CC1(F)F. The molecule has 20 heavy (non-hydrogen) atoms. The van der Waals surface area contributed by atoms with E-state index < -0.39 is 24.1 Å². The molecule has 1 nitrogen and oxygen atoms in total. The summed E-state index contributed by atoms with van der Waals surface area (Å²) in [6.07, 6.45) is -2.74. The molecule has 2 unspecified atom stereocenters. The maximum absolute atomic E-state index is 12.6. The van der Waals surface area contributed by atoms with E-state index in [0.717, 1.165) is 10.8 Å². The molecule has 1 saturated heterocycles. The van der Waals surface area contributed by atoms with E-state index in [0.29, 0.717) is 6.42 Å². The Bertz CT molecular complexity index is 300. The second-order valence-electron chi connectivity index (χ2n) is 6.16. The first-order valence-corrected chi connectivity index (χ1v) is 7.26. The Balaban J connectivity index is 0.000000347. The van der Waals surface area contributed by atoms with Crippen molar-refractivity contribution in [2.45, 2.75) is 64.6 Å². The highest BCUT2D eigenvalue weighted by atomic mass is 19.4. The summed E-state index contributed by atoms with van der Waals surface area (Å²) in [7, 11) is 0. The summed E-state index contributed by atoms with van der Waals surface area (Å²) in [5.41, 5.74) is 0. The van der Waals surface area contributed by atoms with Crippen LogP contribution < -0.4 is 0 Å². The van der Waals surface area contributed by atoms with Crippen LogP contribution in [0.4, 0.5) is 22.0 Å². The minimum Gasteiger partial charge on any atom is -0.292 e. The zero-order chi connectivity index (χ0) is 15.6. The molecule has 2 rings (SSSR count). The minimum absolute atomic E-state index is 0.0434. The summed E-state index contributed by atoms with van der Waals surface area (Å²) < 4.78 is 62.5. The Morgan fingerprint density at radius 2 is 1.75 bits per heavy atom. The van der Waals surface area contributed by atoms with E-state index in [4.69, 9.17) is 0 Å². The number of rotatable bonds is 3. The molecule has 2 fully saturated rings. The van der Waals surface area contributed by atoms with Crippen LogP contribution in [0.25, 0.3) is 0 Å². The summed E-state index contributed by atoms with van der Waals surface area (Å²) in [4.78, 5) is 1.16. The fourth-order valence-corrected chi connectivity index (χ4v) is 2.17. The predicted octanol–water partition coefficient (Wildman–Crippen LogP) is 4.72. The normalized spacial score (nSPS) is 29.2.